The fourth-order valence-corrected chi connectivity index (χ4v) is 9.37. The molecule has 3 atom stereocenters. The molecule has 1 fully saturated rings. The first-order valence-corrected chi connectivity index (χ1v) is 18.0. The van der Waals surface area contributed by atoms with Crippen LogP contribution in [0.5, 0.6) is 0 Å². The number of hydrogen-bond acceptors (Lipinski definition) is 3. The molecule has 50 heavy (non-hydrogen) atoms. The molecule has 1 aromatic heterocycles. The van der Waals surface area contributed by atoms with Gasteiger partial charge in [-0.05, 0) is 81.7 Å². The van der Waals surface area contributed by atoms with E-state index in [0.29, 0.717) is 23.4 Å². The molecule has 6 aromatic carbocycles. The van der Waals surface area contributed by atoms with Crippen molar-refractivity contribution in [2.75, 3.05) is 0 Å². The monoisotopic (exact) mass is 643 g/mol. The van der Waals surface area contributed by atoms with Crippen LogP contribution in [0.2, 0.25) is 0 Å². The van der Waals surface area contributed by atoms with Gasteiger partial charge in [0, 0.05) is 22.1 Å². The van der Waals surface area contributed by atoms with E-state index < -0.39 is 0 Å². The molecule has 3 aliphatic carbocycles. The van der Waals surface area contributed by atoms with E-state index in [1.165, 1.54) is 64.5 Å². The fourth-order valence-electron chi connectivity index (χ4n) is 9.37. The highest BCUT2D eigenvalue weighted by atomic mass is 15.0. The lowest BCUT2D eigenvalue weighted by atomic mass is 9.57. The van der Waals surface area contributed by atoms with Gasteiger partial charge in [-0.2, -0.15) is 0 Å². The predicted molar refractivity (Wildman–Crippen MR) is 204 cm³/mol. The Balaban J connectivity index is 1.11. The summed E-state index contributed by atoms with van der Waals surface area (Å²) in [6.45, 7) is 2.41. The maximum absolute atomic E-state index is 5.12. The van der Waals surface area contributed by atoms with E-state index in [9.17, 15) is 0 Å². The highest BCUT2D eigenvalue weighted by molar-refractivity contribution is 5.95. The van der Waals surface area contributed by atoms with E-state index in [-0.39, 0.29) is 5.41 Å². The fraction of sp³-hybridized carbons (Fsp3) is 0.170. The van der Waals surface area contributed by atoms with Crippen molar-refractivity contribution in [2.45, 2.75) is 38.0 Å². The lowest BCUT2D eigenvalue weighted by molar-refractivity contribution is 0.285. The molecule has 2 bridgehead atoms. The molecule has 3 heteroatoms. The Morgan fingerprint density at radius 1 is 0.540 bits per heavy atom. The number of aromatic nitrogens is 3. The van der Waals surface area contributed by atoms with Crippen molar-refractivity contribution in [1.82, 2.24) is 15.0 Å². The van der Waals surface area contributed by atoms with Crippen LogP contribution in [0.15, 0.2) is 151 Å². The van der Waals surface area contributed by atoms with E-state index in [1.54, 1.807) is 5.57 Å². The summed E-state index contributed by atoms with van der Waals surface area (Å²) < 4.78 is 0. The van der Waals surface area contributed by atoms with Gasteiger partial charge in [0.15, 0.2) is 17.5 Å². The van der Waals surface area contributed by atoms with Crippen molar-refractivity contribution in [3.8, 4) is 56.4 Å². The quantitative estimate of drug-likeness (QED) is 0.179. The molecule has 0 amide bonds. The molecule has 1 spiro atoms. The molecule has 3 unspecified atom stereocenters. The Morgan fingerprint density at radius 2 is 1.16 bits per heavy atom. The molecule has 240 valence electrons. The van der Waals surface area contributed by atoms with Crippen LogP contribution in [-0.2, 0) is 5.41 Å². The molecule has 10 rings (SSSR count). The smallest absolute Gasteiger partial charge is 0.164 e. The lowest BCUT2D eigenvalue weighted by Crippen LogP contribution is -2.37. The lowest BCUT2D eigenvalue weighted by Gasteiger charge is -2.46. The largest absolute Gasteiger partial charge is 0.208 e. The Bertz CT molecular complexity index is 2460. The zero-order valence-electron chi connectivity index (χ0n) is 28.2. The van der Waals surface area contributed by atoms with Crippen molar-refractivity contribution < 1.29 is 0 Å². The minimum Gasteiger partial charge on any atom is -0.208 e. The summed E-state index contributed by atoms with van der Waals surface area (Å²) in [5.41, 5.74) is 12.9. The van der Waals surface area contributed by atoms with Gasteiger partial charge in [-0.25, -0.2) is 15.0 Å². The molecule has 0 aliphatic heterocycles. The van der Waals surface area contributed by atoms with Crippen LogP contribution in [0.25, 0.3) is 67.2 Å². The number of allylic oxidation sites excluding steroid dienone is 2. The second-order valence-electron chi connectivity index (χ2n) is 14.5. The highest BCUT2D eigenvalue weighted by Crippen LogP contribution is 2.62. The maximum Gasteiger partial charge on any atom is 0.164 e. The summed E-state index contributed by atoms with van der Waals surface area (Å²) >= 11 is 0. The van der Waals surface area contributed by atoms with Crippen molar-refractivity contribution in [3.05, 3.63) is 162 Å². The maximum atomic E-state index is 5.12. The zero-order chi connectivity index (χ0) is 33.2. The second kappa shape index (κ2) is 11.5. The Kier molecular flexibility index (Phi) is 6.70. The van der Waals surface area contributed by atoms with Crippen LogP contribution >= 0.6 is 0 Å². The van der Waals surface area contributed by atoms with Crippen molar-refractivity contribution in [1.29, 1.82) is 0 Å². The molecule has 7 aromatic rings. The SMILES string of the molecule is CC1C=C2CC(CCC23c2ccccc2-c2cccc(-c4ccc(-c5nc(-c6ccccc6)nc(-c6cccc7ccccc67)n5)cc4)c23)C1. The standard InChI is InChI=1S/C47H37N3/c1-30-27-31-25-26-47(36(28-30)29-31)42-20-8-7-16-39(42)40-18-10-17-38(43(40)47)33-21-23-35(24-22-33)45-48-44(34-12-3-2-4-13-34)49-46(50-45)41-19-9-14-32-11-5-6-15-37(32)41/h2-24,28,30-31H,25-27,29H2,1H3. The van der Waals surface area contributed by atoms with E-state index in [4.69, 9.17) is 15.0 Å². The summed E-state index contributed by atoms with van der Waals surface area (Å²) in [7, 11) is 0. The molecular formula is C47H37N3. The van der Waals surface area contributed by atoms with Crippen LogP contribution in [0, 0.1) is 11.8 Å². The number of hydrogen-bond donors (Lipinski definition) is 0. The summed E-state index contributed by atoms with van der Waals surface area (Å²) in [5, 5.41) is 2.30. The van der Waals surface area contributed by atoms with Gasteiger partial charge in [0.2, 0.25) is 0 Å². The molecule has 3 aliphatic rings. The van der Waals surface area contributed by atoms with Crippen LogP contribution in [0.3, 0.4) is 0 Å². The molecule has 1 saturated carbocycles. The molecule has 0 saturated heterocycles. The Hall–Kier alpha value is -5.67. The molecule has 0 radical (unpaired) electrons. The Morgan fingerprint density at radius 3 is 2.02 bits per heavy atom. The van der Waals surface area contributed by atoms with Crippen LogP contribution in [0.1, 0.15) is 43.7 Å². The highest BCUT2D eigenvalue weighted by Gasteiger charge is 2.50. The third kappa shape index (κ3) is 4.53. The average Bonchev–Trinajstić information content (AvgIpc) is 3.47. The van der Waals surface area contributed by atoms with Gasteiger partial charge < -0.3 is 0 Å². The molecule has 1 heterocycles. The first kappa shape index (κ1) is 29.3. The summed E-state index contributed by atoms with van der Waals surface area (Å²) in [6.07, 6.45) is 7.63. The minimum atomic E-state index is -0.0570. The molecular weight excluding hydrogens is 607 g/mol. The molecule has 3 nitrogen and oxygen atoms in total. The van der Waals surface area contributed by atoms with Gasteiger partial charge in [-0.15, -0.1) is 0 Å². The topological polar surface area (TPSA) is 38.7 Å². The molecule has 0 N–H and O–H groups in total. The predicted octanol–water partition coefficient (Wildman–Crippen LogP) is 11.7. The van der Waals surface area contributed by atoms with Crippen LogP contribution in [0.4, 0.5) is 0 Å². The van der Waals surface area contributed by atoms with E-state index in [1.807, 2.05) is 18.2 Å². The van der Waals surface area contributed by atoms with Gasteiger partial charge in [0.1, 0.15) is 0 Å². The summed E-state index contributed by atoms with van der Waals surface area (Å²) in [6, 6.07) is 50.0. The van der Waals surface area contributed by atoms with Crippen LogP contribution < -0.4 is 0 Å². The Labute approximate surface area is 293 Å². The van der Waals surface area contributed by atoms with Gasteiger partial charge >= 0.3 is 0 Å². The number of rotatable bonds is 4. The summed E-state index contributed by atoms with van der Waals surface area (Å²) in [4.78, 5) is 15.2. The normalized spacial score (nSPS) is 20.4. The van der Waals surface area contributed by atoms with E-state index >= 15 is 0 Å². The number of nitrogens with zero attached hydrogens (tertiary/aromatic N) is 3. The van der Waals surface area contributed by atoms with Crippen molar-refractivity contribution in [2.24, 2.45) is 11.8 Å². The van der Waals surface area contributed by atoms with Gasteiger partial charge in [-0.3, -0.25) is 0 Å². The second-order valence-corrected chi connectivity index (χ2v) is 14.5. The number of benzene rings is 6. The van der Waals surface area contributed by atoms with Crippen molar-refractivity contribution >= 4 is 10.8 Å². The summed E-state index contributed by atoms with van der Waals surface area (Å²) in [5.74, 6) is 3.46. The third-order valence-electron chi connectivity index (χ3n) is 11.5. The van der Waals surface area contributed by atoms with Crippen LogP contribution in [-0.4, -0.2) is 15.0 Å². The average molecular weight is 644 g/mol. The van der Waals surface area contributed by atoms with E-state index in [0.717, 1.165) is 28.0 Å². The first-order valence-electron chi connectivity index (χ1n) is 18.0. The van der Waals surface area contributed by atoms with Gasteiger partial charge in [0.25, 0.3) is 0 Å². The van der Waals surface area contributed by atoms with E-state index in [2.05, 4.69) is 134 Å². The van der Waals surface area contributed by atoms with Gasteiger partial charge in [0.05, 0.1) is 0 Å². The first-order chi connectivity index (χ1) is 24.7. The van der Waals surface area contributed by atoms with Crippen molar-refractivity contribution in [3.63, 3.8) is 0 Å². The zero-order valence-corrected chi connectivity index (χ0v) is 28.2. The van der Waals surface area contributed by atoms with Gasteiger partial charge in [-0.1, -0.05) is 158 Å². The minimum absolute atomic E-state index is 0.0570. The third-order valence-corrected chi connectivity index (χ3v) is 11.5. The number of fused-ring (bicyclic) bond motifs is 9.